The minimum atomic E-state index is -4.84. The third-order valence-electron chi connectivity index (χ3n) is 5.80. The van der Waals surface area contributed by atoms with Gasteiger partial charge >= 0.3 is 7.82 Å². The number of phenolic OH excluding ortho intramolecular Hbond substituents is 1. The van der Waals surface area contributed by atoms with Crippen LogP contribution in [-0.2, 0) is 28.9 Å². The maximum absolute atomic E-state index is 11.6. The summed E-state index contributed by atoms with van der Waals surface area (Å²) in [5, 5.41) is 13.6. The van der Waals surface area contributed by atoms with Crippen LogP contribution in [0.2, 0.25) is 0 Å². The van der Waals surface area contributed by atoms with Gasteiger partial charge in [0.15, 0.2) is 5.82 Å². The summed E-state index contributed by atoms with van der Waals surface area (Å²) >= 11 is 5.56. The van der Waals surface area contributed by atoms with Gasteiger partial charge in [-0.25, -0.2) is 14.5 Å². The predicted octanol–water partition coefficient (Wildman–Crippen LogP) is 3.59. The monoisotopic (exact) mass is 547 g/mol. The fraction of sp³-hybridized carbons (Fsp3) is 0.292. The summed E-state index contributed by atoms with van der Waals surface area (Å²) in [4.78, 5) is 39.6. The zero-order chi connectivity index (χ0) is 26.7. The quantitative estimate of drug-likeness (QED) is 0.147. The molecule has 0 saturated heterocycles. The summed E-state index contributed by atoms with van der Waals surface area (Å²) < 4.78 is 18.4. The normalized spacial score (nSPS) is 11.8. The molecule has 6 N–H and O–H groups in total. The Balaban J connectivity index is 1.88. The number of hydrogen-bond donors (Lipinski definition) is 5. The number of phosphoric ester groups is 1. The molecule has 0 saturated carbocycles. The molecule has 1 amide bonds. The van der Waals surface area contributed by atoms with Crippen LogP contribution < -0.4 is 15.6 Å². The van der Waals surface area contributed by atoms with Crippen LogP contribution in [0.3, 0.4) is 0 Å². The average molecular weight is 548 g/mol. The van der Waals surface area contributed by atoms with E-state index in [2.05, 4.69) is 17.2 Å². The van der Waals surface area contributed by atoms with Gasteiger partial charge in [-0.2, -0.15) is 0 Å². The molecule has 2 heterocycles. The summed E-state index contributed by atoms with van der Waals surface area (Å²) in [6.45, 7) is 2.43. The highest BCUT2D eigenvalue weighted by atomic mass is 35.5. The number of carbonyl (C=O) groups is 1. The molecular weight excluding hydrogens is 521 g/mol. The molecule has 2 aromatic heterocycles. The number of phosphoric acid groups is 1. The van der Waals surface area contributed by atoms with Gasteiger partial charge in [-0.15, -0.1) is 11.6 Å². The van der Waals surface area contributed by atoms with E-state index in [9.17, 15) is 24.3 Å². The number of aromatic nitrogens is 3. The molecule has 0 aliphatic heterocycles. The first-order valence-corrected chi connectivity index (χ1v) is 13.6. The number of carbonyl (C=O) groups excluding carboxylic acids is 1. The maximum atomic E-state index is 11.6. The van der Waals surface area contributed by atoms with E-state index in [1.165, 1.54) is 18.2 Å². The van der Waals surface area contributed by atoms with Crippen LogP contribution in [0.25, 0.3) is 21.9 Å². The number of anilines is 1. The number of nitrogens with zero attached hydrogens (tertiary/aromatic N) is 3. The summed E-state index contributed by atoms with van der Waals surface area (Å²) in [5.41, 5.74) is 9.25. The molecule has 13 heteroatoms. The predicted molar refractivity (Wildman–Crippen MR) is 141 cm³/mol. The van der Waals surface area contributed by atoms with Crippen molar-refractivity contribution in [3.05, 3.63) is 53.3 Å². The van der Waals surface area contributed by atoms with Crippen molar-refractivity contribution < 1.29 is 28.8 Å². The molecule has 11 nitrogen and oxygen atoms in total. The highest BCUT2D eigenvalue weighted by Crippen LogP contribution is 2.41. The molecule has 4 aromatic rings. The number of amides is 1. The number of unbranched alkanes of at least 4 members (excludes halogenated alkanes) is 1. The van der Waals surface area contributed by atoms with E-state index in [0.717, 1.165) is 23.8 Å². The number of fused-ring (bicyclic) bond motifs is 3. The lowest BCUT2D eigenvalue weighted by Crippen LogP contribution is -2.23. The van der Waals surface area contributed by atoms with Gasteiger partial charge in [0.1, 0.15) is 28.7 Å². The van der Waals surface area contributed by atoms with Gasteiger partial charge in [0, 0.05) is 23.9 Å². The van der Waals surface area contributed by atoms with Gasteiger partial charge in [0.25, 0.3) is 0 Å². The van der Waals surface area contributed by atoms with Crippen LogP contribution in [0.15, 0.2) is 36.4 Å². The van der Waals surface area contributed by atoms with Gasteiger partial charge < -0.3 is 25.2 Å². The first kappa shape index (κ1) is 26.7. The number of benzene rings is 2. The van der Waals surface area contributed by atoms with Crippen molar-refractivity contribution in [2.75, 3.05) is 11.6 Å². The number of pyridine rings is 1. The second kappa shape index (κ2) is 10.9. The van der Waals surface area contributed by atoms with Crippen LogP contribution in [0, 0.1) is 0 Å². The van der Waals surface area contributed by atoms with Crippen LogP contribution in [-0.4, -0.2) is 41.2 Å². The highest BCUT2D eigenvalue weighted by molar-refractivity contribution is 7.46. The van der Waals surface area contributed by atoms with Crippen molar-refractivity contribution >= 4 is 53.1 Å². The van der Waals surface area contributed by atoms with Gasteiger partial charge in [0.2, 0.25) is 5.91 Å². The number of nitrogens with one attached hydrogen (secondary N) is 1. The van der Waals surface area contributed by atoms with Crippen LogP contribution in [0.4, 0.5) is 5.82 Å². The van der Waals surface area contributed by atoms with Crippen molar-refractivity contribution in [1.29, 1.82) is 0 Å². The number of hydrogen-bond acceptors (Lipinski definition) is 7. The van der Waals surface area contributed by atoms with Crippen molar-refractivity contribution in [3.63, 3.8) is 0 Å². The number of halogens is 1. The third-order valence-corrected chi connectivity index (χ3v) is 6.48. The van der Waals surface area contributed by atoms with E-state index in [0.29, 0.717) is 34.4 Å². The summed E-state index contributed by atoms with van der Waals surface area (Å²) in [5.74, 6) is 0.371. The molecule has 0 fully saturated rings. The van der Waals surface area contributed by atoms with E-state index in [4.69, 9.17) is 26.8 Å². The molecule has 2 aromatic carbocycles. The fourth-order valence-corrected chi connectivity index (χ4v) is 4.66. The van der Waals surface area contributed by atoms with Gasteiger partial charge in [-0.05, 0) is 36.2 Å². The second-order valence-electron chi connectivity index (χ2n) is 8.55. The minimum absolute atomic E-state index is 0.0573. The number of phenols is 1. The number of nitrogens with two attached hydrogens (primary N) is 1. The molecule has 0 unspecified atom stereocenters. The average Bonchev–Trinajstić information content (AvgIpc) is 3.20. The van der Waals surface area contributed by atoms with Gasteiger partial charge in [-0.3, -0.25) is 14.6 Å². The smallest absolute Gasteiger partial charge is 0.508 e. The Bertz CT molecular complexity index is 1520. The van der Waals surface area contributed by atoms with E-state index in [1.54, 1.807) is 0 Å². The second-order valence-corrected chi connectivity index (χ2v) is 9.98. The van der Waals surface area contributed by atoms with Crippen molar-refractivity contribution in [1.82, 2.24) is 19.9 Å². The summed E-state index contributed by atoms with van der Waals surface area (Å²) in [6.07, 6.45) is 2.40. The van der Waals surface area contributed by atoms with Gasteiger partial charge in [-0.1, -0.05) is 25.5 Å². The number of aryl methyl sites for hydroxylation is 1. The van der Waals surface area contributed by atoms with Crippen molar-refractivity contribution in [3.8, 4) is 11.5 Å². The largest absolute Gasteiger partial charge is 0.524 e. The number of alkyl halides is 1. The SMILES string of the molecule is CCCCc1nc2c(N)nc3cc(CNC(=O)CCl)ccc3c2n1Cc1cc(O)ccc1OP(=O)(O)O. The molecule has 0 atom stereocenters. The molecule has 0 bridgehead atoms. The molecule has 196 valence electrons. The zero-order valence-corrected chi connectivity index (χ0v) is 21.7. The standard InChI is InChI=1S/C24H27ClN5O6P/c1-2-3-4-20-29-22-23(30(20)13-15-10-16(31)6-8-19(15)36-37(33,34)35)17-7-5-14(12-27-21(32)11-25)9-18(17)28-24(22)26/h5-10,31H,2-4,11-13H2,1H3,(H2,26,28)(H,27,32)(H2,33,34,35). The molecule has 0 aliphatic rings. The Morgan fingerprint density at radius 2 is 2.00 bits per heavy atom. The Hall–Kier alpha value is -3.37. The lowest BCUT2D eigenvalue weighted by molar-refractivity contribution is -0.118. The zero-order valence-electron chi connectivity index (χ0n) is 20.0. The summed E-state index contributed by atoms with van der Waals surface area (Å²) in [6, 6.07) is 9.53. The highest BCUT2D eigenvalue weighted by Gasteiger charge is 2.22. The molecule has 0 radical (unpaired) electrons. The topological polar surface area (TPSA) is 173 Å². The first-order valence-electron chi connectivity index (χ1n) is 11.6. The van der Waals surface area contributed by atoms with E-state index in [-0.39, 0.29) is 42.2 Å². The Labute approximate surface area is 217 Å². The Morgan fingerprint density at radius 1 is 1.22 bits per heavy atom. The minimum Gasteiger partial charge on any atom is -0.508 e. The number of imidazole rings is 1. The Morgan fingerprint density at radius 3 is 2.70 bits per heavy atom. The Kier molecular flexibility index (Phi) is 7.89. The number of aromatic hydroxyl groups is 1. The van der Waals surface area contributed by atoms with Crippen molar-refractivity contribution in [2.24, 2.45) is 0 Å². The van der Waals surface area contributed by atoms with E-state index < -0.39 is 7.82 Å². The maximum Gasteiger partial charge on any atom is 0.524 e. The molecule has 37 heavy (non-hydrogen) atoms. The molecule has 0 aliphatic carbocycles. The number of nitrogen functional groups attached to an aromatic ring is 1. The van der Waals surface area contributed by atoms with Crippen LogP contribution in [0.5, 0.6) is 11.5 Å². The number of rotatable bonds is 10. The van der Waals surface area contributed by atoms with Crippen LogP contribution >= 0.6 is 19.4 Å². The van der Waals surface area contributed by atoms with Crippen LogP contribution in [0.1, 0.15) is 36.7 Å². The van der Waals surface area contributed by atoms with E-state index >= 15 is 0 Å². The first-order chi connectivity index (χ1) is 17.6. The van der Waals surface area contributed by atoms with Crippen molar-refractivity contribution in [2.45, 2.75) is 39.3 Å². The molecule has 0 spiro atoms. The third kappa shape index (κ3) is 6.14. The lowest BCUT2D eigenvalue weighted by Gasteiger charge is -2.16. The summed E-state index contributed by atoms with van der Waals surface area (Å²) in [7, 11) is -4.84. The fourth-order valence-electron chi connectivity index (χ4n) is 4.13. The molecule has 4 rings (SSSR count). The van der Waals surface area contributed by atoms with E-state index in [1.807, 2.05) is 22.8 Å². The van der Waals surface area contributed by atoms with Gasteiger partial charge in [0.05, 0.1) is 17.6 Å². The molecular formula is C24H27ClN5O6P. The lowest BCUT2D eigenvalue weighted by atomic mass is 10.1.